The summed E-state index contributed by atoms with van der Waals surface area (Å²) in [7, 11) is 0. The second kappa shape index (κ2) is 6.14. The van der Waals surface area contributed by atoms with Gasteiger partial charge in [0.2, 0.25) is 0 Å². The van der Waals surface area contributed by atoms with Gasteiger partial charge in [0.05, 0.1) is 11.5 Å². The SMILES string of the molecule is Cc1ncccc1C(=O)NCC(C(=O)O)C(C)C. The highest BCUT2D eigenvalue weighted by atomic mass is 16.4. The largest absolute Gasteiger partial charge is 0.481 e. The van der Waals surface area contributed by atoms with Crippen LogP contribution in [0.5, 0.6) is 0 Å². The predicted octanol–water partition coefficient (Wildman–Crippen LogP) is 1.48. The van der Waals surface area contributed by atoms with Crippen molar-refractivity contribution < 1.29 is 14.7 Å². The molecule has 1 atom stereocenters. The number of nitrogens with zero attached hydrogens (tertiary/aromatic N) is 1. The molecule has 0 aliphatic rings. The van der Waals surface area contributed by atoms with Crippen LogP contribution in [0.25, 0.3) is 0 Å². The van der Waals surface area contributed by atoms with Gasteiger partial charge >= 0.3 is 5.97 Å². The molecular formula is C13H18N2O3. The number of carbonyl (C=O) groups excluding carboxylic acids is 1. The lowest BCUT2D eigenvalue weighted by molar-refractivity contribution is -0.142. The molecule has 5 heteroatoms. The van der Waals surface area contributed by atoms with E-state index in [0.717, 1.165) is 0 Å². The maximum absolute atomic E-state index is 11.9. The number of carboxylic acid groups (broad SMARTS) is 1. The first-order valence-corrected chi connectivity index (χ1v) is 5.86. The Morgan fingerprint density at radius 3 is 2.61 bits per heavy atom. The van der Waals surface area contributed by atoms with E-state index in [4.69, 9.17) is 5.11 Å². The molecule has 1 amide bonds. The number of amides is 1. The van der Waals surface area contributed by atoms with Crippen molar-refractivity contribution in [2.75, 3.05) is 6.54 Å². The number of carboxylic acids is 1. The molecule has 1 aromatic rings. The predicted molar refractivity (Wildman–Crippen MR) is 67.3 cm³/mol. The van der Waals surface area contributed by atoms with Crippen molar-refractivity contribution >= 4 is 11.9 Å². The van der Waals surface area contributed by atoms with Gasteiger partial charge in [-0.05, 0) is 25.0 Å². The lowest BCUT2D eigenvalue weighted by atomic mass is 9.96. The Morgan fingerprint density at radius 1 is 1.44 bits per heavy atom. The lowest BCUT2D eigenvalue weighted by Gasteiger charge is -2.16. The van der Waals surface area contributed by atoms with Crippen LogP contribution in [0.1, 0.15) is 29.9 Å². The van der Waals surface area contributed by atoms with Crippen LogP contribution >= 0.6 is 0 Å². The third kappa shape index (κ3) is 3.55. The summed E-state index contributed by atoms with van der Waals surface area (Å²) in [4.78, 5) is 26.9. The van der Waals surface area contributed by atoms with Gasteiger partial charge in [-0.3, -0.25) is 14.6 Å². The van der Waals surface area contributed by atoms with Gasteiger partial charge in [0.15, 0.2) is 0 Å². The fourth-order valence-corrected chi connectivity index (χ4v) is 1.63. The highest BCUT2D eigenvalue weighted by Crippen LogP contribution is 2.10. The number of nitrogens with one attached hydrogen (secondary N) is 1. The second-order valence-corrected chi connectivity index (χ2v) is 4.54. The number of hydrogen-bond donors (Lipinski definition) is 2. The molecule has 0 aliphatic carbocycles. The van der Waals surface area contributed by atoms with Gasteiger partial charge in [0, 0.05) is 18.4 Å². The van der Waals surface area contributed by atoms with E-state index in [1.807, 2.05) is 13.8 Å². The smallest absolute Gasteiger partial charge is 0.308 e. The van der Waals surface area contributed by atoms with Crippen LogP contribution in [-0.2, 0) is 4.79 Å². The van der Waals surface area contributed by atoms with Gasteiger partial charge in [-0.25, -0.2) is 0 Å². The summed E-state index contributed by atoms with van der Waals surface area (Å²) in [6.07, 6.45) is 1.61. The Balaban J connectivity index is 2.66. The molecular weight excluding hydrogens is 232 g/mol. The quantitative estimate of drug-likeness (QED) is 0.829. The van der Waals surface area contributed by atoms with E-state index in [1.54, 1.807) is 25.3 Å². The second-order valence-electron chi connectivity index (χ2n) is 4.54. The molecule has 0 bridgehead atoms. The minimum absolute atomic E-state index is 0.0298. The standard InChI is InChI=1S/C13H18N2O3/c1-8(2)11(13(17)18)7-15-12(16)10-5-4-6-14-9(10)3/h4-6,8,11H,7H2,1-3H3,(H,15,16)(H,17,18). The Morgan fingerprint density at radius 2 is 2.11 bits per heavy atom. The maximum atomic E-state index is 11.9. The first kappa shape index (κ1) is 14.2. The number of hydrogen-bond acceptors (Lipinski definition) is 3. The van der Waals surface area contributed by atoms with Gasteiger partial charge < -0.3 is 10.4 Å². The third-order valence-electron chi connectivity index (χ3n) is 2.86. The number of aromatic nitrogens is 1. The summed E-state index contributed by atoms with van der Waals surface area (Å²) in [5.41, 5.74) is 1.11. The topological polar surface area (TPSA) is 79.3 Å². The van der Waals surface area contributed by atoms with E-state index in [1.165, 1.54) is 0 Å². The number of aryl methyl sites for hydroxylation is 1. The third-order valence-corrected chi connectivity index (χ3v) is 2.86. The van der Waals surface area contributed by atoms with E-state index in [-0.39, 0.29) is 18.4 Å². The number of pyridine rings is 1. The molecule has 0 fully saturated rings. The molecule has 5 nitrogen and oxygen atoms in total. The minimum Gasteiger partial charge on any atom is -0.481 e. The van der Waals surface area contributed by atoms with Crippen molar-refractivity contribution in [3.8, 4) is 0 Å². The first-order chi connectivity index (χ1) is 8.43. The van der Waals surface area contributed by atoms with Crippen LogP contribution in [0.3, 0.4) is 0 Å². The monoisotopic (exact) mass is 250 g/mol. The highest BCUT2D eigenvalue weighted by Gasteiger charge is 2.22. The van der Waals surface area contributed by atoms with Crippen LogP contribution in [0.4, 0.5) is 0 Å². The molecule has 0 radical (unpaired) electrons. The zero-order chi connectivity index (χ0) is 13.7. The van der Waals surface area contributed by atoms with Crippen LogP contribution in [0.15, 0.2) is 18.3 Å². The van der Waals surface area contributed by atoms with Crippen molar-refractivity contribution in [3.05, 3.63) is 29.6 Å². The highest BCUT2D eigenvalue weighted by molar-refractivity contribution is 5.95. The van der Waals surface area contributed by atoms with Crippen molar-refractivity contribution in [1.29, 1.82) is 0 Å². The molecule has 1 rings (SSSR count). The minimum atomic E-state index is -0.895. The maximum Gasteiger partial charge on any atom is 0.308 e. The molecule has 0 aromatic carbocycles. The summed E-state index contributed by atoms with van der Waals surface area (Å²) in [5, 5.41) is 11.7. The Labute approximate surface area is 106 Å². The van der Waals surface area contributed by atoms with Gasteiger partial charge in [0.1, 0.15) is 0 Å². The average Bonchev–Trinajstić information content (AvgIpc) is 2.28. The van der Waals surface area contributed by atoms with Crippen LogP contribution in [0.2, 0.25) is 0 Å². The molecule has 1 aromatic heterocycles. The molecule has 0 saturated heterocycles. The van der Waals surface area contributed by atoms with E-state index >= 15 is 0 Å². The normalized spacial score (nSPS) is 12.2. The summed E-state index contributed by atoms with van der Waals surface area (Å²) < 4.78 is 0. The van der Waals surface area contributed by atoms with Gasteiger partial charge in [0.25, 0.3) is 5.91 Å². The van der Waals surface area contributed by atoms with Crippen LogP contribution in [0, 0.1) is 18.8 Å². The van der Waals surface area contributed by atoms with Crippen LogP contribution in [-0.4, -0.2) is 28.5 Å². The fourth-order valence-electron chi connectivity index (χ4n) is 1.63. The summed E-state index contributed by atoms with van der Waals surface area (Å²) in [6.45, 7) is 5.51. The van der Waals surface area contributed by atoms with Crippen molar-refractivity contribution in [1.82, 2.24) is 10.3 Å². The van der Waals surface area contributed by atoms with Crippen molar-refractivity contribution in [2.45, 2.75) is 20.8 Å². The van der Waals surface area contributed by atoms with Crippen LogP contribution < -0.4 is 5.32 Å². The van der Waals surface area contributed by atoms with Crippen molar-refractivity contribution in [2.24, 2.45) is 11.8 Å². The molecule has 2 N–H and O–H groups in total. The zero-order valence-corrected chi connectivity index (χ0v) is 10.8. The van der Waals surface area contributed by atoms with E-state index in [9.17, 15) is 9.59 Å². The molecule has 0 spiro atoms. The lowest BCUT2D eigenvalue weighted by Crippen LogP contribution is -2.35. The Bertz CT molecular complexity index is 444. The summed E-state index contributed by atoms with van der Waals surface area (Å²) in [6, 6.07) is 3.35. The molecule has 18 heavy (non-hydrogen) atoms. The summed E-state index contributed by atoms with van der Waals surface area (Å²) >= 11 is 0. The van der Waals surface area contributed by atoms with Gasteiger partial charge in [-0.1, -0.05) is 13.8 Å². The molecule has 98 valence electrons. The number of carbonyl (C=O) groups is 2. The van der Waals surface area contributed by atoms with E-state index in [0.29, 0.717) is 11.3 Å². The molecule has 0 aliphatic heterocycles. The summed E-state index contributed by atoms with van der Waals surface area (Å²) in [5.74, 6) is -1.79. The zero-order valence-electron chi connectivity index (χ0n) is 10.8. The van der Waals surface area contributed by atoms with E-state index in [2.05, 4.69) is 10.3 Å². The van der Waals surface area contributed by atoms with Gasteiger partial charge in [-0.15, -0.1) is 0 Å². The Hall–Kier alpha value is -1.91. The molecule has 1 heterocycles. The van der Waals surface area contributed by atoms with E-state index < -0.39 is 11.9 Å². The molecule has 1 unspecified atom stereocenters. The number of aliphatic carboxylic acids is 1. The average molecular weight is 250 g/mol. The fraction of sp³-hybridized carbons (Fsp3) is 0.462. The first-order valence-electron chi connectivity index (χ1n) is 5.86. The number of rotatable bonds is 5. The van der Waals surface area contributed by atoms with Crippen molar-refractivity contribution in [3.63, 3.8) is 0 Å². The Kier molecular flexibility index (Phi) is 4.83. The van der Waals surface area contributed by atoms with Gasteiger partial charge in [-0.2, -0.15) is 0 Å². The molecule has 0 saturated carbocycles.